The Labute approximate surface area is 135 Å². The zero-order chi connectivity index (χ0) is 15.7. The molecule has 1 aliphatic heterocycles. The molecule has 3 rings (SSSR count). The van der Waals surface area contributed by atoms with E-state index < -0.39 is 0 Å². The standard InChI is InChI=1S/C17H21N3OS/c1-12-10-19(3)7-8-20(12)17(21)15-4-5-16(18-13(15)2)14-6-9-22-11-14/h4-6,9,11-12H,7-8,10H2,1-3H3/t12-/m0/s1. The first-order chi connectivity index (χ1) is 10.6. The van der Waals surface area contributed by atoms with Gasteiger partial charge in [-0.1, -0.05) is 0 Å². The van der Waals surface area contributed by atoms with Gasteiger partial charge in [0.1, 0.15) is 0 Å². The van der Waals surface area contributed by atoms with E-state index in [9.17, 15) is 4.79 Å². The van der Waals surface area contributed by atoms with Crippen LogP contribution in [0.2, 0.25) is 0 Å². The van der Waals surface area contributed by atoms with Crippen LogP contribution in [0.15, 0.2) is 29.0 Å². The lowest BCUT2D eigenvalue weighted by Crippen LogP contribution is -2.52. The molecule has 0 saturated carbocycles. The lowest BCUT2D eigenvalue weighted by atomic mass is 10.1. The minimum absolute atomic E-state index is 0.0995. The number of likely N-dealkylation sites (N-methyl/N-ethyl adjacent to an activating group) is 1. The van der Waals surface area contributed by atoms with Crippen molar-refractivity contribution < 1.29 is 4.79 Å². The third-order valence-electron chi connectivity index (χ3n) is 4.22. The van der Waals surface area contributed by atoms with Crippen LogP contribution >= 0.6 is 11.3 Å². The third kappa shape index (κ3) is 2.91. The van der Waals surface area contributed by atoms with Crippen LogP contribution in [-0.2, 0) is 0 Å². The van der Waals surface area contributed by atoms with E-state index in [0.717, 1.165) is 42.1 Å². The Bertz CT molecular complexity index is 669. The summed E-state index contributed by atoms with van der Waals surface area (Å²) < 4.78 is 0. The van der Waals surface area contributed by atoms with Crippen LogP contribution in [-0.4, -0.2) is 53.4 Å². The van der Waals surface area contributed by atoms with E-state index in [-0.39, 0.29) is 11.9 Å². The fraction of sp³-hybridized carbons (Fsp3) is 0.412. The van der Waals surface area contributed by atoms with Crippen molar-refractivity contribution in [2.24, 2.45) is 0 Å². The number of hydrogen-bond acceptors (Lipinski definition) is 4. The molecule has 1 aliphatic rings. The molecule has 0 radical (unpaired) electrons. The average Bonchev–Trinajstić information content (AvgIpc) is 3.00. The van der Waals surface area contributed by atoms with Crippen molar-refractivity contribution in [3.63, 3.8) is 0 Å². The highest BCUT2D eigenvalue weighted by Gasteiger charge is 2.27. The number of thiophene rings is 1. The van der Waals surface area contributed by atoms with Gasteiger partial charge in [0.2, 0.25) is 0 Å². The normalized spacial score (nSPS) is 19.4. The third-order valence-corrected chi connectivity index (χ3v) is 4.91. The first kappa shape index (κ1) is 15.2. The smallest absolute Gasteiger partial charge is 0.256 e. The molecular formula is C17H21N3OS. The molecule has 1 saturated heterocycles. The van der Waals surface area contributed by atoms with Crippen molar-refractivity contribution in [1.82, 2.24) is 14.8 Å². The van der Waals surface area contributed by atoms with Gasteiger partial charge in [0.05, 0.1) is 17.0 Å². The van der Waals surface area contributed by atoms with Gasteiger partial charge in [0.25, 0.3) is 5.91 Å². The van der Waals surface area contributed by atoms with Gasteiger partial charge in [-0.15, -0.1) is 0 Å². The topological polar surface area (TPSA) is 36.4 Å². The summed E-state index contributed by atoms with van der Waals surface area (Å²) in [4.78, 5) is 21.7. The van der Waals surface area contributed by atoms with E-state index in [1.807, 2.05) is 29.3 Å². The van der Waals surface area contributed by atoms with Crippen molar-refractivity contribution in [2.45, 2.75) is 19.9 Å². The number of amides is 1. The second kappa shape index (κ2) is 6.18. The van der Waals surface area contributed by atoms with Crippen LogP contribution in [0.3, 0.4) is 0 Å². The molecule has 0 N–H and O–H groups in total. The molecule has 0 unspecified atom stereocenters. The number of aryl methyl sites for hydroxylation is 1. The van der Waals surface area contributed by atoms with Gasteiger partial charge in [0.15, 0.2) is 0 Å². The number of piperazine rings is 1. The van der Waals surface area contributed by atoms with Gasteiger partial charge in [-0.3, -0.25) is 9.78 Å². The molecule has 22 heavy (non-hydrogen) atoms. The highest BCUT2D eigenvalue weighted by molar-refractivity contribution is 7.08. The van der Waals surface area contributed by atoms with Crippen LogP contribution in [0.1, 0.15) is 23.0 Å². The maximum atomic E-state index is 12.8. The van der Waals surface area contributed by atoms with Crippen LogP contribution in [0.5, 0.6) is 0 Å². The molecule has 1 amide bonds. The quantitative estimate of drug-likeness (QED) is 0.855. The van der Waals surface area contributed by atoms with Crippen molar-refractivity contribution in [3.05, 3.63) is 40.2 Å². The number of rotatable bonds is 2. The lowest BCUT2D eigenvalue weighted by Gasteiger charge is -2.38. The summed E-state index contributed by atoms with van der Waals surface area (Å²) >= 11 is 1.65. The molecule has 1 fully saturated rings. The first-order valence-electron chi connectivity index (χ1n) is 7.56. The summed E-state index contributed by atoms with van der Waals surface area (Å²) in [5, 5.41) is 4.11. The van der Waals surface area contributed by atoms with Gasteiger partial charge in [-0.25, -0.2) is 0 Å². The summed E-state index contributed by atoms with van der Waals surface area (Å²) in [5.74, 6) is 0.0995. The summed E-state index contributed by atoms with van der Waals surface area (Å²) in [5.41, 5.74) is 3.57. The SMILES string of the molecule is Cc1nc(-c2ccsc2)ccc1C(=O)N1CCN(C)C[C@@H]1C. The fourth-order valence-electron chi connectivity index (χ4n) is 2.95. The lowest BCUT2D eigenvalue weighted by molar-refractivity contribution is 0.0532. The molecular weight excluding hydrogens is 294 g/mol. The average molecular weight is 315 g/mol. The van der Waals surface area contributed by atoms with Gasteiger partial charge in [-0.05, 0) is 44.5 Å². The minimum atomic E-state index is 0.0995. The number of carbonyl (C=O) groups excluding carboxylic acids is 1. The van der Waals surface area contributed by atoms with E-state index in [0.29, 0.717) is 0 Å². The van der Waals surface area contributed by atoms with Crippen molar-refractivity contribution in [2.75, 3.05) is 26.7 Å². The predicted octanol–water partition coefficient (Wildman–Crippen LogP) is 2.89. The van der Waals surface area contributed by atoms with Crippen LogP contribution in [0, 0.1) is 6.92 Å². The Morgan fingerprint density at radius 3 is 2.77 bits per heavy atom. The van der Waals surface area contributed by atoms with Crippen LogP contribution in [0.4, 0.5) is 0 Å². The van der Waals surface area contributed by atoms with Crippen LogP contribution in [0.25, 0.3) is 11.3 Å². The largest absolute Gasteiger partial charge is 0.333 e. The number of aromatic nitrogens is 1. The highest BCUT2D eigenvalue weighted by Crippen LogP contribution is 2.22. The molecule has 2 aromatic heterocycles. The molecule has 0 aromatic carbocycles. The van der Waals surface area contributed by atoms with E-state index in [4.69, 9.17) is 0 Å². The van der Waals surface area contributed by atoms with Gasteiger partial charge >= 0.3 is 0 Å². The van der Waals surface area contributed by atoms with E-state index in [2.05, 4.69) is 35.3 Å². The molecule has 116 valence electrons. The molecule has 0 spiro atoms. The fourth-order valence-corrected chi connectivity index (χ4v) is 3.60. The highest BCUT2D eigenvalue weighted by atomic mass is 32.1. The zero-order valence-corrected chi connectivity index (χ0v) is 14.1. The second-order valence-corrected chi connectivity index (χ2v) is 6.73. The zero-order valence-electron chi connectivity index (χ0n) is 13.2. The molecule has 2 aromatic rings. The first-order valence-corrected chi connectivity index (χ1v) is 8.50. The summed E-state index contributed by atoms with van der Waals surface area (Å²) in [6.07, 6.45) is 0. The van der Waals surface area contributed by atoms with Crippen LogP contribution < -0.4 is 0 Å². The molecule has 0 aliphatic carbocycles. The Hall–Kier alpha value is -1.72. The van der Waals surface area contributed by atoms with Gasteiger partial charge in [0, 0.05) is 36.6 Å². The predicted molar refractivity (Wildman–Crippen MR) is 90.3 cm³/mol. The second-order valence-electron chi connectivity index (χ2n) is 5.95. The van der Waals surface area contributed by atoms with E-state index in [1.165, 1.54) is 0 Å². The Morgan fingerprint density at radius 2 is 2.14 bits per heavy atom. The number of nitrogens with zero attached hydrogens (tertiary/aromatic N) is 3. The Balaban J connectivity index is 1.84. The van der Waals surface area contributed by atoms with Gasteiger partial charge < -0.3 is 9.80 Å². The maximum Gasteiger partial charge on any atom is 0.256 e. The maximum absolute atomic E-state index is 12.8. The molecule has 3 heterocycles. The monoisotopic (exact) mass is 315 g/mol. The number of pyridine rings is 1. The Kier molecular flexibility index (Phi) is 4.27. The summed E-state index contributed by atoms with van der Waals surface area (Å²) in [6, 6.07) is 6.16. The molecule has 5 heteroatoms. The van der Waals surface area contributed by atoms with Crippen molar-refractivity contribution in [3.8, 4) is 11.3 Å². The van der Waals surface area contributed by atoms with Gasteiger partial charge in [-0.2, -0.15) is 11.3 Å². The number of carbonyl (C=O) groups is 1. The summed E-state index contributed by atoms with van der Waals surface area (Å²) in [6.45, 7) is 6.66. The van der Waals surface area contributed by atoms with E-state index in [1.54, 1.807) is 11.3 Å². The number of hydrogen-bond donors (Lipinski definition) is 0. The van der Waals surface area contributed by atoms with E-state index >= 15 is 0 Å². The van der Waals surface area contributed by atoms with Crippen molar-refractivity contribution in [1.29, 1.82) is 0 Å². The minimum Gasteiger partial charge on any atom is -0.333 e. The molecule has 1 atom stereocenters. The molecule has 0 bridgehead atoms. The van der Waals surface area contributed by atoms with Crippen molar-refractivity contribution >= 4 is 17.2 Å². The molecule has 4 nitrogen and oxygen atoms in total. The Morgan fingerprint density at radius 1 is 1.32 bits per heavy atom. The summed E-state index contributed by atoms with van der Waals surface area (Å²) in [7, 11) is 2.10.